The number of carbonyl (C=O) groups is 1. The van der Waals surface area contributed by atoms with Gasteiger partial charge in [0.2, 0.25) is 0 Å². The van der Waals surface area contributed by atoms with Gasteiger partial charge in [0.25, 0.3) is 5.91 Å². The summed E-state index contributed by atoms with van der Waals surface area (Å²) < 4.78 is 0. The molecule has 2 aliphatic rings. The molecule has 0 saturated carbocycles. The van der Waals surface area contributed by atoms with E-state index in [1.807, 2.05) is 43.2 Å². The molecule has 148 valence electrons. The highest BCUT2D eigenvalue weighted by molar-refractivity contribution is 5.90. The number of hydrogen-bond acceptors (Lipinski definition) is 3. The van der Waals surface area contributed by atoms with Crippen LogP contribution in [0.4, 0.5) is 0 Å². The number of rotatable bonds is 6. The number of aromatic amines is 1. The van der Waals surface area contributed by atoms with E-state index in [0.717, 1.165) is 54.8 Å². The van der Waals surface area contributed by atoms with Crippen LogP contribution in [0.25, 0.3) is 5.57 Å². The van der Waals surface area contributed by atoms with Crippen molar-refractivity contribution < 1.29 is 4.79 Å². The quantitative estimate of drug-likeness (QED) is 0.718. The monoisotopic (exact) mass is 378 g/mol. The predicted molar refractivity (Wildman–Crippen MR) is 114 cm³/mol. The van der Waals surface area contributed by atoms with E-state index >= 15 is 0 Å². The second kappa shape index (κ2) is 8.46. The normalized spacial score (nSPS) is 23.8. The van der Waals surface area contributed by atoms with E-state index in [4.69, 9.17) is 0 Å². The average Bonchev–Trinajstić information content (AvgIpc) is 3.34. The highest BCUT2D eigenvalue weighted by Crippen LogP contribution is 2.36. The molecular weight excluding hydrogens is 348 g/mol. The molecule has 1 amide bonds. The van der Waals surface area contributed by atoms with E-state index in [9.17, 15) is 4.79 Å². The molecule has 0 radical (unpaired) electrons. The first-order valence-corrected chi connectivity index (χ1v) is 9.97. The van der Waals surface area contributed by atoms with Crippen LogP contribution < -0.4 is 5.32 Å². The van der Waals surface area contributed by atoms with Crippen molar-refractivity contribution in [2.24, 2.45) is 0 Å². The Hall–Kier alpha value is -2.82. The van der Waals surface area contributed by atoms with Crippen LogP contribution in [0.15, 0.2) is 66.3 Å². The van der Waals surface area contributed by atoms with Crippen LogP contribution in [0.2, 0.25) is 0 Å². The van der Waals surface area contributed by atoms with Gasteiger partial charge in [-0.05, 0) is 62.8 Å². The zero-order valence-corrected chi connectivity index (χ0v) is 17.1. The zero-order valence-electron chi connectivity index (χ0n) is 17.1. The smallest absolute Gasteiger partial charge is 0.252 e. The van der Waals surface area contributed by atoms with Crippen LogP contribution in [0, 0.1) is 0 Å². The van der Waals surface area contributed by atoms with Gasteiger partial charge in [-0.2, -0.15) is 5.10 Å². The standard InChI is InChI=1S/C23H30N4O/c1-5-7-8-21-19(6-2)11-12-23(26-21)13-14-27(22(23)28)18(4)10-9-17(3)20-15-24-25-16-20/h6-10,15-16,26H,2,5,11-14H2,1,3-4H3,(H,24,25)/b8-7-,17-9+,18-10+. The predicted octanol–water partition coefficient (Wildman–Crippen LogP) is 4.48. The highest BCUT2D eigenvalue weighted by atomic mass is 16.2. The molecule has 0 aromatic carbocycles. The molecule has 2 aliphatic heterocycles. The van der Waals surface area contributed by atoms with E-state index in [1.54, 1.807) is 6.20 Å². The summed E-state index contributed by atoms with van der Waals surface area (Å²) in [5.74, 6) is 0.168. The van der Waals surface area contributed by atoms with Gasteiger partial charge >= 0.3 is 0 Å². The Balaban J connectivity index is 1.78. The van der Waals surface area contributed by atoms with E-state index in [2.05, 4.69) is 41.2 Å². The van der Waals surface area contributed by atoms with Crippen LogP contribution in [0.5, 0.6) is 0 Å². The van der Waals surface area contributed by atoms with Gasteiger partial charge in [-0.3, -0.25) is 9.89 Å². The Bertz CT molecular complexity index is 857. The maximum atomic E-state index is 13.3. The summed E-state index contributed by atoms with van der Waals surface area (Å²) in [5.41, 5.74) is 4.85. The van der Waals surface area contributed by atoms with Crippen molar-refractivity contribution in [3.63, 3.8) is 0 Å². The minimum absolute atomic E-state index is 0.168. The number of nitrogens with one attached hydrogen (secondary N) is 2. The van der Waals surface area contributed by atoms with Gasteiger partial charge in [-0.1, -0.05) is 31.7 Å². The van der Waals surface area contributed by atoms with Gasteiger partial charge < -0.3 is 10.2 Å². The molecular formula is C23H30N4O. The van der Waals surface area contributed by atoms with Gasteiger partial charge in [0.1, 0.15) is 5.54 Å². The number of aromatic nitrogens is 2. The van der Waals surface area contributed by atoms with Crippen LogP contribution >= 0.6 is 0 Å². The molecule has 0 bridgehead atoms. The second-order valence-corrected chi connectivity index (χ2v) is 7.51. The fourth-order valence-electron chi connectivity index (χ4n) is 3.83. The fourth-order valence-corrected chi connectivity index (χ4v) is 3.83. The summed E-state index contributed by atoms with van der Waals surface area (Å²) in [7, 11) is 0. The Morgan fingerprint density at radius 1 is 1.36 bits per heavy atom. The lowest BCUT2D eigenvalue weighted by atomic mass is 9.84. The molecule has 1 unspecified atom stereocenters. The number of nitrogens with zero attached hydrogens (tertiary/aromatic N) is 2. The topological polar surface area (TPSA) is 61.0 Å². The summed E-state index contributed by atoms with van der Waals surface area (Å²) >= 11 is 0. The Morgan fingerprint density at radius 3 is 2.86 bits per heavy atom. The fraction of sp³-hybridized carbons (Fsp3) is 0.391. The first kappa shape index (κ1) is 19.9. The molecule has 28 heavy (non-hydrogen) atoms. The number of allylic oxidation sites excluding steroid dienone is 8. The van der Waals surface area contributed by atoms with E-state index < -0.39 is 5.54 Å². The van der Waals surface area contributed by atoms with E-state index in [-0.39, 0.29) is 5.91 Å². The van der Waals surface area contributed by atoms with Gasteiger partial charge in [-0.25, -0.2) is 0 Å². The Labute approximate surface area is 167 Å². The number of hydrogen-bond donors (Lipinski definition) is 2. The van der Waals surface area contributed by atoms with Crippen molar-refractivity contribution in [2.75, 3.05) is 6.54 Å². The van der Waals surface area contributed by atoms with Crippen LogP contribution in [-0.2, 0) is 4.79 Å². The van der Waals surface area contributed by atoms with Crippen molar-refractivity contribution in [1.82, 2.24) is 20.4 Å². The van der Waals surface area contributed by atoms with Crippen molar-refractivity contribution in [3.8, 4) is 0 Å². The van der Waals surface area contributed by atoms with Gasteiger partial charge in [0.05, 0.1) is 6.20 Å². The minimum atomic E-state index is -0.502. The molecule has 1 aromatic rings. The lowest BCUT2D eigenvalue weighted by molar-refractivity contribution is -0.131. The molecule has 1 aromatic heterocycles. The summed E-state index contributed by atoms with van der Waals surface area (Å²) in [5, 5.41) is 10.4. The Morgan fingerprint density at radius 2 is 2.18 bits per heavy atom. The molecule has 5 heteroatoms. The van der Waals surface area contributed by atoms with E-state index in [0.29, 0.717) is 0 Å². The molecule has 0 aliphatic carbocycles. The lowest BCUT2D eigenvalue weighted by Gasteiger charge is -2.35. The van der Waals surface area contributed by atoms with Crippen molar-refractivity contribution in [1.29, 1.82) is 0 Å². The number of H-pyrrole nitrogens is 1. The maximum Gasteiger partial charge on any atom is 0.252 e. The summed E-state index contributed by atoms with van der Waals surface area (Å²) in [6.45, 7) is 10.8. The molecule has 3 heterocycles. The summed E-state index contributed by atoms with van der Waals surface area (Å²) in [6, 6.07) is 0. The van der Waals surface area contributed by atoms with Crippen LogP contribution in [0.3, 0.4) is 0 Å². The third kappa shape index (κ3) is 3.88. The SMILES string of the molecule is C=CC1=C(/C=C\CC)NC2(CC1)CCN(/C(C)=C/C=C(\C)c1cn[nH]c1)C2=O. The molecule has 5 nitrogen and oxygen atoms in total. The number of amides is 1. The second-order valence-electron chi connectivity index (χ2n) is 7.51. The molecule has 1 fully saturated rings. The number of likely N-dealkylation sites (tertiary alicyclic amines) is 1. The maximum absolute atomic E-state index is 13.3. The average molecular weight is 379 g/mol. The van der Waals surface area contributed by atoms with Crippen molar-refractivity contribution in [3.05, 3.63) is 71.9 Å². The van der Waals surface area contributed by atoms with E-state index in [1.165, 1.54) is 5.57 Å². The zero-order chi connectivity index (χ0) is 20.1. The third-order valence-electron chi connectivity index (χ3n) is 5.68. The largest absolute Gasteiger partial charge is 0.371 e. The van der Waals surface area contributed by atoms with Crippen LogP contribution in [-0.4, -0.2) is 33.1 Å². The van der Waals surface area contributed by atoms with Crippen LogP contribution in [0.1, 0.15) is 52.0 Å². The molecule has 1 saturated heterocycles. The van der Waals surface area contributed by atoms with Gasteiger partial charge in [-0.15, -0.1) is 0 Å². The van der Waals surface area contributed by atoms with Crippen molar-refractivity contribution >= 4 is 11.5 Å². The summed E-state index contributed by atoms with van der Waals surface area (Å²) in [4.78, 5) is 15.2. The molecule has 3 rings (SSSR count). The Kier molecular flexibility index (Phi) is 6.02. The third-order valence-corrected chi connectivity index (χ3v) is 5.68. The first-order chi connectivity index (χ1) is 13.5. The van der Waals surface area contributed by atoms with Gasteiger partial charge in [0.15, 0.2) is 0 Å². The van der Waals surface area contributed by atoms with Gasteiger partial charge in [0, 0.05) is 29.7 Å². The summed E-state index contributed by atoms with van der Waals surface area (Å²) in [6.07, 6.45) is 17.3. The molecule has 1 spiro atoms. The van der Waals surface area contributed by atoms with Crippen molar-refractivity contribution in [2.45, 2.75) is 52.0 Å². The number of carbonyl (C=O) groups excluding carboxylic acids is 1. The molecule has 1 atom stereocenters. The first-order valence-electron chi connectivity index (χ1n) is 9.97. The molecule has 2 N–H and O–H groups in total. The highest BCUT2D eigenvalue weighted by Gasteiger charge is 2.48. The minimum Gasteiger partial charge on any atom is -0.371 e. The lowest BCUT2D eigenvalue weighted by Crippen LogP contribution is -2.52.